The van der Waals surface area contributed by atoms with Gasteiger partial charge in [0.1, 0.15) is 11.4 Å². The lowest BCUT2D eigenvalue weighted by Gasteiger charge is -2.28. The van der Waals surface area contributed by atoms with Crippen LogP contribution in [0.5, 0.6) is 0 Å². The molecule has 202 valence electrons. The number of benzene rings is 1. The monoisotopic (exact) mass is 539 g/mol. The summed E-state index contributed by atoms with van der Waals surface area (Å²) >= 11 is 0. The molecule has 0 radical (unpaired) electrons. The van der Waals surface area contributed by atoms with E-state index in [-0.39, 0.29) is 19.4 Å². The molecule has 1 unspecified atom stereocenters. The molecule has 4 rings (SSSR count). The van der Waals surface area contributed by atoms with Crippen LogP contribution >= 0.6 is 0 Å². The van der Waals surface area contributed by atoms with Crippen LogP contribution in [-0.4, -0.2) is 31.6 Å². The molecule has 1 aliphatic rings. The number of allylic oxidation sites excluding steroid dienone is 1. The van der Waals surface area contributed by atoms with Crippen LogP contribution in [0.4, 0.5) is 33.5 Å². The molecule has 38 heavy (non-hydrogen) atoms. The van der Waals surface area contributed by atoms with Gasteiger partial charge in [0.05, 0.1) is 11.5 Å². The fourth-order valence-corrected chi connectivity index (χ4v) is 3.80. The molecule has 1 N–H and O–H groups in total. The Balaban J connectivity index is 1.87. The van der Waals surface area contributed by atoms with Crippen molar-refractivity contribution in [2.45, 2.75) is 57.0 Å². The van der Waals surface area contributed by atoms with Gasteiger partial charge in [-0.2, -0.15) is 22.0 Å². The molecule has 1 aromatic carbocycles. The number of rotatable bonds is 4. The van der Waals surface area contributed by atoms with Gasteiger partial charge in [0, 0.05) is 11.6 Å². The summed E-state index contributed by atoms with van der Waals surface area (Å²) < 4.78 is 82.9. The van der Waals surface area contributed by atoms with Gasteiger partial charge in [-0.3, -0.25) is 10.1 Å². The summed E-state index contributed by atoms with van der Waals surface area (Å²) in [6, 6.07) is 8.73. The smallest absolute Gasteiger partial charge is 0.416 e. The molecule has 9 nitrogen and oxygen atoms in total. The zero-order valence-corrected chi connectivity index (χ0v) is 20.1. The molecular weight excluding hydrogens is 517 g/mol. The van der Waals surface area contributed by atoms with Crippen LogP contribution in [0, 0.1) is 10.1 Å². The van der Waals surface area contributed by atoms with E-state index in [1.807, 2.05) is 0 Å². The van der Waals surface area contributed by atoms with Crippen molar-refractivity contribution in [3.8, 4) is 11.6 Å². The highest BCUT2D eigenvalue weighted by Gasteiger charge is 2.44. The van der Waals surface area contributed by atoms with Gasteiger partial charge >= 0.3 is 17.8 Å². The van der Waals surface area contributed by atoms with Gasteiger partial charge in [0.25, 0.3) is 11.8 Å². The quantitative estimate of drug-likeness (QED) is 0.173. The topological polar surface area (TPSA) is 116 Å². The van der Waals surface area contributed by atoms with E-state index in [0.29, 0.717) is 17.7 Å². The zero-order valence-electron chi connectivity index (χ0n) is 20.1. The van der Waals surface area contributed by atoms with Crippen LogP contribution in [0.3, 0.4) is 0 Å². The number of aromatic nitrogens is 3. The highest BCUT2D eigenvalue weighted by atomic mass is 19.4. The number of nitro groups is 1. The van der Waals surface area contributed by atoms with Crippen molar-refractivity contribution in [1.29, 1.82) is 0 Å². The zero-order chi connectivity index (χ0) is 27.7. The van der Waals surface area contributed by atoms with Crippen molar-refractivity contribution in [2.24, 2.45) is 0 Å². The molecule has 0 aliphatic carbocycles. The molecule has 0 saturated carbocycles. The average molecular weight is 539 g/mol. The number of alkyl halides is 5. The summed E-state index contributed by atoms with van der Waals surface area (Å²) in [7, 11) is 0. The number of nitrogens with zero attached hydrogens (tertiary/aromatic N) is 4. The minimum Gasteiger partial charge on any atom is -0.416 e. The second-order valence-corrected chi connectivity index (χ2v) is 9.25. The Morgan fingerprint density at radius 1 is 1.21 bits per heavy atom. The first-order valence-corrected chi connectivity index (χ1v) is 11.4. The van der Waals surface area contributed by atoms with Gasteiger partial charge in [-0.15, -0.1) is 10.2 Å². The highest BCUT2D eigenvalue weighted by Crippen LogP contribution is 2.42. The van der Waals surface area contributed by atoms with Gasteiger partial charge in [0.15, 0.2) is 0 Å². The van der Waals surface area contributed by atoms with Crippen LogP contribution < -0.4 is 5.32 Å². The Morgan fingerprint density at radius 3 is 2.58 bits per heavy atom. The largest absolute Gasteiger partial charge is 0.420 e. The fraction of sp³-hybridized carbons (Fsp3) is 0.375. The van der Waals surface area contributed by atoms with Gasteiger partial charge in [-0.25, -0.2) is 4.98 Å². The maximum absolute atomic E-state index is 15.3. The lowest BCUT2D eigenvalue weighted by atomic mass is 9.97. The van der Waals surface area contributed by atoms with Crippen LogP contribution in [0.2, 0.25) is 0 Å². The molecule has 0 saturated heterocycles. The number of ether oxygens (including phenoxy) is 1. The summed E-state index contributed by atoms with van der Waals surface area (Å²) in [5.41, 5.74) is -3.68. The SMILES string of the molecule is CC1(C)CC/C=C\C(F)(F)C(OCc2ccccc2)c2nnc(o2)-c2nc(c(C(F)(F)F)cc2[N+](=O)[O-])N1. The van der Waals surface area contributed by atoms with E-state index in [1.54, 1.807) is 44.2 Å². The van der Waals surface area contributed by atoms with E-state index in [2.05, 4.69) is 20.5 Å². The molecule has 0 amide bonds. The number of hydrogen-bond donors (Lipinski definition) is 1. The van der Waals surface area contributed by atoms with Crippen LogP contribution in [0.1, 0.15) is 49.8 Å². The Kier molecular flexibility index (Phi) is 7.19. The van der Waals surface area contributed by atoms with Crippen molar-refractivity contribution in [2.75, 3.05) is 5.32 Å². The van der Waals surface area contributed by atoms with Gasteiger partial charge in [-0.1, -0.05) is 36.4 Å². The van der Waals surface area contributed by atoms with Crippen molar-refractivity contribution >= 4 is 11.5 Å². The molecule has 4 bridgehead atoms. The summed E-state index contributed by atoms with van der Waals surface area (Å²) in [5, 5.41) is 21.5. The second kappa shape index (κ2) is 10.1. The number of halogens is 5. The lowest BCUT2D eigenvalue weighted by Crippen LogP contribution is -2.32. The summed E-state index contributed by atoms with van der Waals surface area (Å²) in [6.45, 7) is 2.83. The highest BCUT2D eigenvalue weighted by molar-refractivity contribution is 5.68. The van der Waals surface area contributed by atoms with Crippen LogP contribution in [0.15, 0.2) is 53.0 Å². The number of hydrogen-bond acceptors (Lipinski definition) is 8. The first kappa shape index (κ1) is 27.1. The summed E-state index contributed by atoms with van der Waals surface area (Å²) in [6.07, 6.45) is -5.11. The molecule has 2 aromatic heterocycles. The van der Waals surface area contributed by atoms with E-state index < -0.39 is 63.2 Å². The number of pyridine rings is 1. The Morgan fingerprint density at radius 2 is 1.92 bits per heavy atom. The van der Waals surface area contributed by atoms with Crippen molar-refractivity contribution in [3.05, 3.63) is 75.7 Å². The van der Waals surface area contributed by atoms with E-state index >= 15 is 8.78 Å². The maximum atomic E-state index is 15.3. The maximum Gasteiger partial charge on any atom is 0.420 e. The normalized spacial score (nSPS) is 19.7. The third-order valence-electron chi connectivity index (χ3n) is 5.71. The Bertz CT molecular complexity index is 1340. The Labute approximate surface area is 212 Å². The molecule has 1 atom stereocenters. The van der Waals surface area contributed by atoms with E-state index in [9.17, 15) is 23.3 Å². The predicted molar refractivity (Wildman–Crippen MR) is 124 cm³/mol. The standard InChI is InChI=1S/C24H22F5N5O4/c1-22(2)10-6-7-11-23(25,26)18(37-13-14-8-4-3-5-9-14)21-33-32-20(38-21)17-16(34(35)36)12-15(24(27,28)29)19(30-17)31-22/h3-5,7-9,11-12,18H,6,10,13H2,1-2H3,(H,30,31)/b11-7-. The van der Waals surface area contributed by atoms with Crippen LogP contribution in [0.25, 0.3) is 11.6 Å². The van der Waals surface area contributed by atoms with Crippen molar-refractivity contribution in [3.63, 3.8) is 0 Å². The van der Waals surface area contributed by atoms with Gasteiger partial charge in [0.2, 0.25) is 11.8 Å². The predicted octanol–water partition coefficient (Wildman–Crippen LogP) is 6.49. The van der Waals surface area contributed by atoms with Gasteiger partial charge < -0.3 is 14.5 Å². The fourth-order valence-electron chi connectivity index (χ4n) is 3.80. The third kappa shape index (κ3) is 5.96. The molecule has 0 fully saturated rings. The third-order valence-corrected chi connectivity index (χ3v) is 5.71. The second-order valence-electron chi connectivity index (χ2n) is 9.25. The van der Waals surface area contributed by atoms with E-state index in [1.165, 1.54) is 6.08 Å². The van der Waals surface area contributed by atoms with Crippen molar-refractivity contribution < 1.29 is 36.0 Å². The minimum atomic E-state index is -4.99. The molecule has 3 heterocycles. The Hall–Kier alpha value is -3.94. The first-order valence-electron chi connectivity index (χ1n) is 11.4. The molecular formula is C24H22F5N5O4. The molecule has 3 aromatic rings. The average Bonchev–Trinajstić information content (AvgIpc) is 3.30. The van der Waals surface area contributed by atoms with E-state index in [0.717, 1.165) is 0 Å². The van der Waals surface area contributed by atoms with Crippen molar-refractivity contribution in [1.82, 2.24) is 15.2 Å². The van der Waals surface area contributed by atoms with Gasteiger partial charge in [-0.05, 0) is 38.3 Å². The number of fused-ring (bicyclic) bond motifs is 5. The van der Waals surface area contributed by atoms with Crippen LogP contribution in [-0.2, 0) is 17.5 Å². The number of anilines is 1. The summed E-state index contributed by atoms with van der Waals surface area (Å²) in [5.74, 6) is -5.80. The molecule has 1 aliphatic heterocycles. The number of nitrogens with one attached hydrogen (secondary N) is 1. The van der Waals surface area contributed by atoms with E-state index in [4.69, 9.17) is 9.15 Å². The first-order chi connectivity index (χ1) is 17.8. The minimum absolute atomic E-state index is 0.0528. The molecule has 14 heteroatoms. The summed E-state index contributed by atoms with van der Waals surface area (Å²) in [4.78, 5) is 14.4. The molecule has 0 spiro atoms. The lowest BCUT2D eigenvalue weighted by molar-refractivity contribution is -0.384.